The lowest BCUT2D eigenvalue weighted by Crippen LogP contribution is -2.50. The van der Waals surface area contributed by atoms with Crippen LogP contribution in [-0.2, 0) is 21.4 Å². The van der Waals surface area contributed by atoms with Gasteiger partial charge in [0.2, 0.25) is 11.8 Å². The molecular weight excluding hydrogens is 773 g/mol. The largest absolute Gasteiger partial charge is 0.507 e. The number of nitrogens with zero attached hydrogens (tertiary/aromatic N) is 7. The fourth-order valence-electron chi connectivity index (χ4n) is 8.05. The smallest absolute Gasteiger partial charge is 0.260 e. The third-order valence-electron chi connectivity index (χ3n) is 11.4. The summed E-state index contributed by atoms with van der Waals surface area (Å²) in [6.07, 6.45) is -0.754. The molecule has 16 heteroatoms. The number of carbonyl (C=O) groups excluding carboxylic acids is 3. The number of hydrogen-bond acceptors (Lipinski definition) is 12. The Kier molecular flexibility index (Phi) is 10.9. The molecule has 0 radical (unpaired) electrons. The van der Waals surface area contributed by atoms with E-state index >= 15 is 0 Å². The standard InChI is InChI=1S/C43H46N8O7S/c1-23(2)40(43(56)51-20-29(52)14-35(51)42(55)45-24(3)26-10-12-27(13-11-26)41-25(4)44-22-59-41)37-17-38(48-58-37)57-21-39(54)50-18-28(19-50)33-16-32-34(49(33)5)15-31(46-47-32)30-8-6-7-9-36(30)53/h6-13,15-17,22-24,28-29,35,40,52-53H,14,18-21H2,1-5H3,(H,45,55)/t24-,29+,35-,40+/m0/s1. The summed E-state index contributed by atoms with van der Waals surface area (Å²) in [5.41, 5.74) is 8.53. The van der Waals surface area contributed by atoms with Gasteiger partial charge in [0.15, 0.2) is 12.4 Å². The van der Waals surface area contributed by atoms with E-state index in [4.69, 9.17) is 9.26 Å². The normalized spacial score (nSPS) is 17.9. The van der Waals surface area contributed by atoms with Crippen molar-refractivity contribution in [2.75, 3.05) is 26.2 Å². The van der Waals surface area contributed by atoms with Gasteiger partial charge in [-0.15, -0.1) is 21.5 Å². The number of aryl methyl sites for hydroxylation is 2. The topological polar surface area (TPSA) is 189 Å². The number of ether oxygens (including phenoxy) is 1. The first-order valence-corrected chi connectivity index (χ1v) is 20.5. The summed E-state index contributed by atoms with van der Waals surface area (Å²) in [6, 6.07) is 19.1. The van der Waals surface area contributed by atoms with Crippen molar-refractivity contribution < 1.29 is 33.9 Å². The Morgan fingerprint density at radius 2 is 1.78 bits per heavy atom. The Morgan fingerprint density at radius 3 is 2.49 bits per heavy atom. The van der Waals surface area contributed by atoms with E-state index in [-0.39, 0.29) is 72.6 Å². The first-order valence-electron chi connectivity index (χ1n) is 19.6. The Labute approximate surface area is 344 Å². The summed E-state index contributed by atoms with van der Waals surface area (Å²) < 4.78 is 13.4. The zero-order valence-corrected chi connectivity index (χ0v) is 34.2. The van der Waals surface area contributed by atoms with Crippen LogP contribution in [0, 0.1) is 12.8 Å². The molecule has 3 amide bonds. The van der Waals surface area contributed by atoms with Crippen LogP contribution in [0.25, 0.3) is 32.7 Å². The van der Waals surface area contributed by atoms with E-state index in [1.165, 1.54) is 11.0 Å². The number of aliphatic hydroxyl groups is 1. The highest BCUT2D eigenvalue weighted by atomic mass is 32.1. The number of nitrogens with one attached hydrogen (secondary N) is 1. The number of aliphatic hydroxyl groups excluding tert-OH is 1. The number of para-hydroxylation sites is 1. The molecule has 306 valence electrons. The summed E-state index contributed by atoms with van der Waals surface area (Å²) in [5.74, 6) is -1.47. The Bertz CT molecular complexity index is 2510. The molecule has 3 N–H and O–H groups in total. The van der Waals surface area contributed by atoms with Crippen molar-refractivity contribution in [1.82, 2.24) is 40.0 Å². The number of amides is 3. The van der Waals surface area contributed by atoms with Gasteiger partial charge >= 0.3 is 0 Å². The lowest BCUT2D eigenvalue weighted by molar-refractivity contribution is -0.141. The number of phenols is 1. The fraction of sp³-hybridized carbons (Fsp3) is 0.372. The molecule has 0 bridgehead atoms. The van der Waals surface area contributed by atoms with Gasteiger partial charge in [0, 0.05) is 56.3 Å². The minimum Gasteiger partial charge on any atom is -0.507 e. The van der Waals surface area contributed by atoms with Gasteiger partial charge in [0.05, 0.1) is 39.4 Å². The van der Waals surface area contributed by atoms with E-state index in [9.17, 15) is 24.6 Å². The van der Waals surface area contributed by atoms with Crippen LogP contribution in [0.5, 0.6) is 11.6 Å². The number of likely N-dealkylation sites (tertiary alicyclic amines) is 2. The molecule has 2 fully saturated rings. The molecule has 0 spiro atoms. The van der Waals surface area contributed by atoms with Crippen LogP contribution in [-0.4, -0.2) is 101 Å². The Balaban J connectivity index is 0.863. The molecule has 0 aliphatic carbocycles. The molecule has 2 saturated heterocycles. The average molecular weight is 819 g/mol. The molecule has 15 nitrogen and oxygen atoms in total. The van der Waals surface area contributed by atoms with Crippen LogP contribution in [0.1, 0.15) is 67.8 Å². The van der Waals surface area contributed by atoms with Crippen molar-refractivity contribution in [3.05, 3.63) is 95.0 Å². The summed E-state index contributed by atoms with van der Waals surface area (Å²) in [6.45, 7) is 8.32. The first-order chi connectivity index (χ1) is 28.4. The van der Waals surface area contributed by atoms with Crippen LogP contribution in [0.15, 0.2) is 76.8 Å². The number of benzene rings is 2. The van der Waals surface area contributed by atoms with Gasteiger partial charge in [-0.05, 0) is 60.3 Å². The van der Waals surface area contributed by atoms with Gasteiger partial charge in [-0.3, -0.25) is 14.4 Å². The third-order valence-corrected chi connectivity index (χ3v) is 12.4. The van der Waals surface area contributed by atoms with E-state index in [2.05, 4.69) is 25.7 Å². The van der Waals surface area contributed by atoms with Gasteiger partial charge < -0.3 is 39.2 Å². The van der Waals surface area contributed by atoms with E-state index in [1.54, 1.807) is 34.4 Å². The molecule has 2 aromatic carbocycles. The Morgan fingerprint density at radius 1 is 1.02 bits per heavy atom. The van der Waals surface area contributed by atoms with Crippen LogP contribution in [0.2, 0.25) is 0 Å². The fourth-order valence-corrected chi connectivity index (χ4v) is 8.86. The second-order valence-electron chi connectivity index (χ2n) is 15.7. The number of aromatic nitrogens is 5. The second-order valence-corrected chi connectivity index (χ2v) is 16.6. The van der Waals surface area contributed by atoms with Crippen LogP contribution < -0.4 is 10.1 Å². The molecule has 0 unspecified atom stereocenters. The van der Waals surface area contributed by atoms with Crippen LogP contribution in [0.3, 0.4) is 0 Å². The van der Waals surface area contributed by atoms with E-state index in [0.717, 1.165) is 38.4 Å². The van der Waals surface area contributed by atoms with Crippen LogP contribution in [0.4, 0.5) is 0 Å². The highest BCUT2D eigenvalue weighted by Crippen LogP contribution is 2.35. The molecule has 4 atom stereocenters. The van der Waals surface area contributed by atoms with Gasteiger partial charge in [0.25, 0.3) is 11.8 Å². The van der Waals surface area contributed by atoms with Crippen molar-refractivity contribution in [1.29, 1.82) is 0 Å². The number of carbonyl (C=O) groups is 3. The second kappa shape index (κ2) is 16.3. The zero-order valence-electron chi connectivity index (χ0n) is 33.4. The lowest BCUT2D eigenvalue weighted by Gasteiger charge is -2.39. The maximum atomic E-state index is 14.1. The van der Waals surface area contributed by atoms with Crippen molar-refractivity contribution in [3.8, 4) is 33.3 Å². The number of aromatic hydroxyl groups is 1. The molecule has 0 saturated carbocycles. The third kappa shape index (κ3) is 7.89. The summed E-state index contributed by atoms with van der Waals surface area (Å²) >= 11 is 1.58. The predicted octanol–water partition coefficient (Wildman–Crippen LogP) is 5.34. The summed E-state index contributed by atoms with van der Waals surface area (Å²) in [5, 5.41) is 36.7. The lowest BCUT2D eigenvalue weighted by atomic mass is 9.91. The zero-order chi connectivity index (χ0) is 41.5. The number of rotatable bonds is 12. The highest BCUT2D eigenvalue weighted by molar-refractivity contribution is 7.13. The molecule has 6 aromatic rings. The summed E-state index contributed by atoms with van der Waals surface area (Å²) in [4.78, 5) is 49.5. The molecule has 59 heavy (non-hydrogen) atoms. The van der Waals surface area contributed by atoms with E-state index < -0.39 is 18.1 Å². The number of hydrogen-bond donors (Lipinski definition) is 3. The van der Waals surface area contributed by atoms with E-state index in [1.807, 2.05) is 87.3 Å². The van der Waals surface area contributed by atoms with Crippen molar-refractivity contribution in [2.24, 2.45) is 13.0 Å². The minimum atomic E-state index is -0.875. The molecule has 4 aromatic heterocycles. The number of β-amino-alcohol motifs (C(OH)–C–C–N with tert-alkyl or cyclic N) is 1. The SMILES string of the molecule is Cc1ncsc1-c1ccc([C@H](C)NC(=O)[C@@H]2C[C@@H](O)CN2C(=O)[C@@H](c2cc(OCC(=O)N3CC(c4cc5nnc(-c6ccccc6O)cc5n4C)C3)no2)C(C)C)cc1. The molecule has 2 aliphatic rings. The van der Waals surface area contributed by atoms with Crippen molar-refractivity contribution in [3.63, 3.8) is 0 Å². The average Bonchev–Trinajstić information content (AvgIpc) is 4.01. The maximum Gasteiger partial charge on any atom is 0.260 e. The molecule has 2 aliphatic heterocycles. The quantitative estimate of drug-likeness (QED) is 0.145. The molecular formula is C43H46N8O7S. The van der Waals surface area contributed by atoms with Gasteiger partial charge in [-0.2, -0.15) is 0 Å². The van der Waals surface area contributed by atoms with Crippen LogP contribution >= 0.6 is 11.3 Å². The van der Waals surface area contributed by atoms with Gasteiger partial charge in [0.1, 0.15) is 23.2 Å². The Hall–Kier alpha value is -6.13. The van der Waals surface area contributed by atoms with Gasteiger partial charge in [-0.25, -0.2) is 4.98 Å². The van der Waals surface area contributed by atoms with E-state index in [0.29, 0.717) is 24.3 Å². The predicted molar refractivity (Wildman–Crippen MR) is 219 cm³/mol. The summed E-state index contributed by atoms with van der Waals surface area (Å²) in [7, 11) is 1.95. The monoisotopic (exact) mass is 818 g/mol. The highest BCUT2D eigenvalue weighted by Gasteiger charge is 2.44. The van der Waals surface area contributed by atoms with Gasteiger partial charge in [-0.1, -0.05) is 50.2 Å². The minimum absolute atomic E-state index is 0.00566. The first kappa shape index (κ1) is 39.7. The number of thiazole rings is 1. The maximum absolute atomic E-state index is 14.1. The number of phenolic OH excluding ortho intramolecular Hbond substituents is 1. The molecule has 8 rings (SSSR count). The number of fused-ring (bicyclic) bond motifs is 1. The molecule has 6 heterocycles. The van der Waals surface area contributed by atoms with Crippen molar-refractivity contribution in [2.45, 2.75) is 64.1 Å². The van der Waals surface area contributed by atoms with Crippen molar-refractivity contribution >= 4 is 40.1 Å².